The predicted octanol–water partition coefficient (Wildman–Crippen LogP) is 3.04. The highest BCUT2D eigenvalue weighted by molar-refractivity contribution is 5.17. The second-order valence-electron chi connectivity index (χ2n) is 3.71. The molecule has 0 heterocycles. The van der Waals surface area contributed by atoms with Crippen molar-refractivity contribution in [2.75, 3.05) is 0 Å². The van der Waals surface area contributed by atoms with Gasteiger partial charge in [0.2, 0.25) is 0 Å². The largest absolute Gasteiger partial charge is 0.386 e. The van der Waals surface area contributed by atoms with Crippen LogP contribution in [0.2, 0.25) is 0 Å². The van der Waals surface area contributed by atoms with Crippen molar-refractivity contribution < 1.29 is 5.11 Å². The second kappa shape index (κ2) is 4.08. The first-order valence-electron chi connectivity index (χ1n) is 5.15. The van der Waals surface area contributed by atoms with Crippen LogP contribution in [0.5, 0.6) is 0 Å². The van der Waals surface area contributed by atoms with Crippen LogP contribution in [-0.4, -0.2) is 10.7 Å². The van der Waals surface area contributed by atoms with Gasteiger partial charge in [0, 0.05) is 0 Å². The van der Waals surface area contributed by atoms with Gasteiger partial charge >= 0.3 is 0 Å². The van der Waals surface area contributed by atoms with E-state index in [9.17, 15) is 5.11 Å². The summed E-state index contributed by atoms with van der Waals surface area (Å²) >= 11 is 0. The molecular weight excluding hydrogens is 148 g/mol. The van der Waals surface area contributed by atoms with E-state index in [0.29, 0.717) is 0 Å². The van der Waals surface area contributed by atoms with E-state index in [4.69, 9.17) is 0 Å². The summed E-state index contributed by atoms with van der Waals surface area (Å²) in [6, 6.07) is 0. The fraction of sp³-hybridized carbons (Fsp3) is 0.818. The molecule has 0 fully saturated rings. The molecule has 0 aromatic carbocycles. The zero-order chi connectivity index (χ0) is 9.03. The maximum atomic E-state index is 10.2. The van der Waals surface area contributed by atoms with Gasteiger partial charge in [-0.2, -0.15) is 0 Å². The average molecular weight is 168 g/mol. The van der Waals surface area contributed by atoms with Gasteiger partial charge in [0.05, 0.1) is 5.60 Å². The highest BCUT2D eigenvalue weighted by atomic mass is 16.3. The standard InChI is InChI=1S/C11H20O/c1-3-11(12,4-2)10-8-6-5-7-9-10/h8,12H,3-7,9H2,1-2H3. The van der Waals surface area contributed by atoms with Gasteiger partial charge in [-0.15, -0.1) is 0 Å². The fourth-order valence-corrected chi connectivity index (χ4v) is 1.96. The van der Waals surface area contributed by atoms with Crippen molar-refractivity contribution in [3.63, 3.8) is 0 Å². The van der Waals surface area contributed by atoms with Gasteiger partial charge < -0.3 is 5.11 Å². The molecule has 1 rings (SSSR count). The molecule has 1 aliphatic rings. The summed E-state index contributed by atoms with van der Waals surface area (Å²) in [5.74, 6) is 0. The number of allylic oxidation sites excluding steroid dienone is 1. The van der Waals surface area contributed by atoms with Gasteiger partial charge in [-0.25, -0.2) is 0 Å². The Morgan fingerprint density at radius 2 is 2.00 bits per heavy atom. The first kappa shape index (κ1) is 9.79. The number of hydrogen-bond donors (Lipinski definition) is 1. The molecule has 0 aliphatic heterocycles. The Bertz CT molecular complexity index is 166. The Labute approximate surface area is 75.5 Å². The highest BCUT2D eigenvalue weighted by Crippen LogP contribution is 2.31. The number of rotatable bonds is 3. The molecule has 0 bridgehead atoms. The molecule has 1 heteroatoms. The summed E-state index contributed by atoms with van der Waals surface area (Å²) in [5.41, 5.74) is 0.805. The quantitative estimate of drug-likeness (QED) is 0.642. The summed E-state index contributed by atoms with van der Waals surface area (Å²) < 4.78 is 0. The minimum Gasteiger partial charge on any atom is -0.386 e. The van der Waals surface area contributed by atoms with Gasteiger partial charge in [-0.1, -0.05) is 19.9 Å². The van der Waals surface area contributed by atoms with Gasteiger partial charge in [-0.05, 0) is 44.1 Å². The van der Waals surface area contributed by atoms with Crippen LogP contribution in [-0.2, 0) is 0 Å². The molecule has 0 amide bonds. The maximum Gasteiger partial charge on any atom is 0.0851 e. The van der Waals surface area contributed by atoms with E-state index in [1.807, 2.05) is 0 Å². The molecule has 0 aromatic rings. The summed E-state index contributed by atoms with van der Waals surface area (Å²) in [6.45, 7) is 4.14. The molecule has 0 aromatic heterocycles. The normalized spacial score (nSPS) is 19.1. The van der Waals surface area contributed by atoms with Crippen LogP contribution in [0.3, 0.4) is 0 Å². The number of aliphatic hydroxyl groups is 1. The van der Waals surface area contributed by atoms with Gasteiger partial charge in [0.1, 0.15) is 0 Å². The lowest BCUT2D eigenvalue weighted by atomic mass is 9.82. The zero-order valence-electron chi connectivity index (χ0n) is 8.27. The van der Waals surface area contributed by atoms with E-state index in [1.165, 1.54) is 18.4 Å². The summed E-state index contributed by atoms with van der Waals surface area (Å²) in [6.07, 6.45) is 8.79. The Morgan fingerprint density at radius 1 is 1.33 bits per heavy atom. The van der Waals surface area contributed by atoms with Gasteiger partial charge in [-0.3, -0.25) is 0 Å². The molecule has 1 nitrogen and oxygen atoms in total. The lowest BCUT2D eigenvalue weighted by Gasteiger charge is -2.30. The molecule has 0 saturated heterocycles. The fourth-order valence-electron chi connectivity index (χ4n) is 1.96. The summed E-state index contributed by atoms with van der Waals surface area (Å²) in [4.78, 5) is 0. The van der Waals surface area contributed by atoms with Crippen molar-refractivity contribution in [2.24, 2.45) is 0 Å². The van der Waals surface area contributed by atoms with Crippen molar-refractivity contribution in [3.05, 3.63) is 11.6 Å². The van der Waals surface area contributed by atoms with E-state index < -0.39 is 5.60 Å². The number of hydrogen-bond acceptors (Lipinski definition) is 1. The van der Waals surface area contributed by atoms with Crippen molar-refractivity contribution in [1.82, 2.24) is 0 Å². The predicted molar refractivity (Wildman–Crippen MR) is 52.1 cm³/mol. The minimum absolute atomic E-state index is 0.486. The third-order valence-electron chi connectivity index (χ3n) is 3.06. The molecule has 12 heavy (non-hydrogen) atoms. The van der Waals surface area contributed by atoms with Crippen LogP contribution in [0.4, 0.5) is 0 Å². The van der Waals surface area contributed by atoms with Crippen LogP contribution in [0, 0.1) is 0 Å². The molecule has 1 N–H and O–H groups in total. The highest BCUT2D eigenvalue weighted by Gasteiger charge is 2.27. The molecule has 1 aliphatic carbocycles. The Hall–Kier alpha value is -0.300. The molecule has 0 spiro atoms. The lowest BCUT2D eigenvalue weighted by Crippen LogP contribution is -2.30. The third-order valence-corrected chi connectivity index (χ3v) is 3.06. The third kappa shape index (κ3) is 1.89. The van der Waals surface area contributed by atoms with Gasteiger partial charge in [0.15, 0.2) is 0 Å². The monoisotopic (exact) mass is 168 g/mol. The van der Waals surface area contributed by atoms with Crippen LogP contribution in [0.25, 0.3) is 0 Å². The van der Waals surface area contributed by atoms with Crippen LogP contribution >= 0.6 is 0 Å². The van der Waals surface area contributed by atoms with Crippen LogP contribution < -0.4 is 0 Å². The van der Waals surface area contributed by atoms with E-state index in [2.05, 4.69) is 19.9 Å². The van der Waals surface area contributed by atoms with Crippen molar-refractivity contribution in [1.29, 1.82) is 0 Å². The second-order valence-corrected chi connectivity index (χ2v) is 3.71. The van der Waals surface area contributed by atoms with Crippen molar-refractivity contribution >= 4 is 0 Å². The molecule has 0 atom stereocenters. The minimum atomic E-state index is -0.486. The lowest BCUT2D eigenvalue weighted by molar-refractivity contribution is 0.0648. The molecule has 0 radical (unpaired) electrons. The average Bonchev–Trinajstić information content (AvgIpc) is 2.18. The van der Waals surface area contributed by atoms with E-state index in [-0.39, 0.29) is 0 Å². The Kier molecular flexibility index (Phi) is 3.33. The van der Waals surface area contributed by atoms with E-state index in [0.717, 1.165) is 25.7 Å². The van der Waals surface area contributed by atoms with E-state index in [1.54, 1.807) is 0 Å². The summed E-state index contributed by atoms with van der Waals surface area (Å²) in [5, 5.41) is 10.2. The Morgan fingerprint density at radius 3 is 2.42 bits per heavy atom. The first-order chi connectivity index (χ1) is 5.73. The van der Waals surface area contributed by atoms with Gasteiger partial charge in [0.25, 0.3) is 0 Å². The zero-order valence-corrected chi connectivity index (χ0v) is 8.27. The SMILES string of the molecule is CCC(O)(CC)C1=CCCCC1. The molecule has 70 valence electrons. The summed E-state index contributed by atoms with van der Waals surface area (Å²) in [7, 11) is 0. The van der Waals surface area contributed by atoms with Crippen molar-refractivity contribution in [3.8, 4) is 0 Å². The Balaban J connectivity index is 2.70. The molecular formula is C11H20O. The van der Waals surface area contributed by atoms with E-state index >= 15 is 0 Å². The van der Waals surface area contributed by atoms with Crippen LogP contribution in [0.1, 0.15) is 52.4 Å². The molecule has 0 saturated carbocycles. The smallest absolute Gasteiger partial charge is 0.0851 e. The topological polar surface area (TPSA) is 20.2 Å². The maximum absolute atomic E-state index is 10.2. The molecule has 0 unspecified atom stereocenters. The van der Waals surface area contributed by atoms with Crippen LogP contribution in [0.15, 0.2) is 11.6 Å². The first-order valence-corrected chi connectivity index (χ1v) is 5.15. The van der Waals surface area contributed by atoms with Crippen molar-refractivity contribution in [2.45, 2.75) is 58.0 Å².